The van der Waals surface area contributed by atoms with Gasteiger partial charge in [-0.05, 0) is 35.4 Å². The van der Waals surface area contributed by atoms with Crippen LogP contribution in [0.15, 0.2) is 77.8 Å². The van der Waals surface area contributed by atoms with E-state index in [9.17, 15) is 18.0 Å². The molecule has 4 rings (SSSR count). The summed E-state index contributed by atoms with van der Waals surface area (Å²) in [6.45, 7) is -0.128. The van der Waals surface area contributed by atoms with Crippen LogP contribution in [0.1, 0.15) is 16.7 Å². The fourth-order valence-electron chi connectivity index (χ4n) is 3.39. The predicted octanol–water partition coefficient (Wildman–Crippen LogP) is 5.19. The van der Waals surface area contributed by atoms with Gasteiger partial charge < -0.3 is 4.90 Å². The number of carbonyl (C=O) groups excluding carboxylic acids is 1. The van der Waals surface area contributed by atoms with Gasteiger partial charge in [0.1, 0.15) is 6.54 Å². The number of anilines is 1. The second-order valence-corrected chi connectivity index (χ2v) is 6.79. The Morgan fingerprint density at radius 3 is 2.31 bits per heavy atom. The summed E-state index contributed by atoms with van der Waals surface area (Å²) in [7, 11) is 1.65. The van der Waals surface area contributed by atoms with E-state index in [1.54, 1.807) is 13.1 Å². The smallest absolute Gasteiger partial charge is 0.313 e. The topological polar surface area (TPSA) is 32.7 Å². The molecular formula is C23H17F3N2O. The van der Waals surface area contributed by atoms with E-state index in [2.05, 4.69) is 4.99 Å². The average Bonchev–Trinajstić information content (AvgIpc) is 2.85. The van der Waals surface area contributed by atoms with E-state index < -0.39 is 11.7 Å². The Labute approximate surface area is 166 Å². The minimum absolute atomic E-state index is 0.128. The van der Waals surface area contributed by atoms with E-state index in [1.165, 1.54) is 11.0 Å². The highest BCUT2D eigenvalue weighted by Crippen LogP contribution is 2.33. The van der Waals surface area contributed by atoms with Crippen molar-refractivity contribution in [3.05, 3.63) is 89.5 Å². The third-order valence-corrected chi connectivity index (χ3v) is 4.93. The lowest BCUT2D eigenvalue weighted by molar-refractivity contribution is -0.137. The Balaban J connectivity index is 1.90. The Hall–Kier alpha value is -3.41. The number of nitrogens with zero attached hydrogens (tertiary/aromatic N) is 2. The fourth-order valence-corrected chi connectivity index (χ4v) is 3.39. The molecule has 0 spiro atoms. The molecule has 3 aromatic carbocycles. The van der Waals surface area contributed by atoms with Crippen molar-refractivity contribution in [2.24, 2.45) is 4.99 Å². The number of hydrogen-bond acceptors (Lipinski definition) is 2. The van der Waals surface area contributed by atoms with E-state index in [4.69, 9.17) is 0 Å². The van der Waals surface area contributed by atoms with Gasteiger partial charge in [0.05, 0.1) is 17.0 Å². The number of halogens is 3. The first-order valence-corrected chi connectivity index (χ1v) is 9.03. The molecule has 0 saturated carbocycles. The van der Waals surface area contributed by atoms with Crippen LogP contribution < -0.4 is 4.90 Å². The number of fused-ring (bicyclic) bond motifs is 1. The summed E-state index contributed by atoms with van der Waals surface area (Å²) in [5, 5.41) is 0. The lowest BCUT2D eigenvalue weighted by Crippen LogP contribution is -2.27. The van der Waals surface area contributed by atoms with Crippen molar-refractivity contribution in [3.8, 4) is 11.1 Å². The maximum atomic E-state index is 13.2. The first kappa shape index (κ1) is 18.9. The molecule has 146 valence electrons. The van der Waals surface area contributed by atoms with Gasteiger partial charge >= 0.3 is 6.18 Å². The van der Waals surface area contributed by atoms with Crippen molar-refractivity contribution >= 4 is 17.3 Å². The zero-order valence-electron chi connectivity index (χ0n) is 15.6. The Bertz CT molecular complexity index is 1100. The van der Waals surface area contributed by atoms with Crippen LogP contribution in [-0.2, 0) is 11.0 Å². The second kappa shape index (κ2) is 7.20. The number of rotatable bonds is 2. The largest absolute Gasteiger partial charge is 0.416 e. The molecule has 0 atom stereocenters. The molecule has 0 unspecified atom stereocenters. The number of amides is 1. The number of carbonyl (C=O) groups is 1. The SMILES string of the molecule is CN1C(=O)CN=C(c2cccc(C(F)(F)F)c2)c2cc(-c3ccccc3)ccc21. The first-order chi connectivity index (χ1) is 13.8. The zero-order chi connectivity index (χ0) is 20.6. The molecule has 0 aromatic heterocycles. The molecule has 0 bridgehead atoms. The van der Waals surface area contributed by atoms with E-state index in [0.717, 1.165) is 23.3 Å². The van der Waals surface area contributed by atoms with Crippen molar-refractivity contribution < 1.29 is 18.0 Å². The van der Waals surface area contributed by atoms with Crippen LogP contribution in [0.5, 0.6) is 0 Å². The third-order valence-electron chi connectivity index (χ3n) is 4.93. The Morgan fingerprint density at radius 1 is 0.862 bits per heavy atom. The molecule has 3 aromatic rings. The summed E-state index contributed by atoms with van der Waals surface area (Å²) in [4.78, 5) is 18.3. The van der Waals surface area contributed by atoms with Crippen LogP contribution in [0.2, 0.25) is 0 Å². The minimum atomic E-state index is -4.46. The highest BCUT2D eigenvalue weighted by atomic mass is 19.4. The fraction of sp³-hybridized carbons (Fsp3) is 0.130. The van der Waals surface area contributed by atoms with Crippen LogP contribution >= 0.6 is 0 Å². The average molecular weight is 394 g/mol. The standard InChI is InChI=1S/C23H17F3N2O/c1-28-20-11-10-16(15-6-3-2-4-7-15)13-19(20)22(27-14-21(28)29)17-8-5-9-18(12-17)23(24,25)26/h2-13H,14H2,1H3. The molecule has 0 fully saturated rings. The van der Waals surface area contributed by atoms with Gasteiger partial charge in [-0.25, -0.2) is 0 Å². The van der Waals surface area contributed by atoms with Crippen LogP contribution in [-0.4, -0.2) is 25.2 Å². The summed E-state index contributed by atoms with van der Waals surface area (Å²) < 4.78 is 39.7. The van der Waals surface area contributed by atoms with Gasteiger partial charge in [-0.3, -0.25) is 9.79 Å². The van der Waals surface area contributed by atoms with Crippen LogP contribution in [0.4, 0.5) is 18.9 Å². The van der Waals surface area contributed by atoms with Crippen molar-refractivity contribution in [3.63, 3.8) is 0 Å². The summed E-state index contributed by atoms with van der Waals surface area (Å²) in [5.74, 6) is -0.222. The van der Waals surface area contributed by atoms with Crippen LogP contribution in [0.25, 0.3) is 11.1 Å². The Morgan fingerprint density at radius 2 is 1.59 bits per heavy atom. The number of aliphatic imine (C=N–C) groups is 1. The third kappa shape index (κ3) is 3.66. The molecule has 0 N–H and O–H groups in total. The summed E-state index contributed by atoms with van der Waals surface area (Å²) >= 11 is 0. The Kier molecular flexibility index (Phi) is 4.70. The molecule has 1 amide bonds. The zero-order valence-corrected chi connectivity index (χ0v) is 15.6. The summed E-state index contributed by atoms with van der Waals surface area (Å²) in [6, 6.07) is 20.3. The van der Waals surface area contributed by atoms with E-state index in [1.807, 2.05) is 48.5 Å². The van der Waals surface area contributed by atoms with Gasteiger partial charge in [0.25, 0.3) is 0 Å². The summed E-state index contributed by atoms with van der Waals surface area (Å²) in [5.41, 5.74) is 3.06. The van der Waals surface area contributed by atoms with Crippen molar-refractivity contribution in [1.82, 2.24) is 0 Å². The van der Waals surface area contributed by atoms with E-state index in [0.29, 0.717) is 22.5 Å². The number of likely N-dealkylation sites (N-methyl/N-ethyl adjacent to an activating group) is 1. The molecular weight excluding hydrogens is 377 g/mol. The maximum absolute atomic E-state index is 13.2. The quantitative estimate of drug-likeness (QED) is 0.589. The molecule has 6 heteroatoms. The molecule has 0 saturated heterocycles. The van der Waals surface area contributed by atoms with Crippen molar-refractivity contribution in [2.75, 3.05) is 18.5 Å². The van der Waals surface area contributed by atoms with Crippen LogP contribution in [0.3, 0.4) is 0 Å². The van der Waals surface area contributed by atoms with Gasteiger partial charge in [0.2, 0.25) is 5.91 Å². The number of alkyl halides is 3. The molecule has 1 heterocycles. The van der Waals surface area contributed by atoms with Gasteiger partial charge in [-0.1, -0.05) is 48.5 Å². The van der Waals surface area contributed by atoms with Gasteiger partial charge in [0, 0.05) is 18.2 Å². The predicted molar refractivity (Wildman–Crippen MR) is 107 cm³/mol. The lowest BCUT2D eigenvalue weighted by atomic mass is 9.95. The van der Waals surface area contributed by atoms with Gasteiger partial charge in [0.15, 0.2) is 0 Å². The van der Waals surface area contributed by atoms with Gasteiger partial charge in [-0.2, -0.15) is 13.2 Å². The molecule has 29 heavy (non-hydrogen) atoms. The molecule has 0 radical (unpaired) electrons. The number of benzodiazepines with no additional fused rings is 1. The molecule has 3 nitrogen and oxygen atoms in total. The highest BCUT2D eigenvalue weighted by Gasteiger charge is 2.31. The monoisotopic (exact) mass is 394 g/mol. The highest BCUT2D eigenvalue weighted by molar-refractivity contribution is 6.20. The maximum Gasteiger partial charge on any atom is 0.416 e. The van der Waals surface area contributed by atoms with E-state index in [-0.39, 0.29) is 12.5 Å². The number of benzene rings is 3. The number of hydrogen-bond donors (Lipinski definition) is 0. The van der Waals surface area contributed by atoms with Crippen molar-refractivity contribution in [1.29, 1.82) is 0 Å². The normalized spacial score (nSPS) is 14.3. The second-order valence-electron chi connectivity index (χ2n) is 6.79. The minimum Gasteiger partial charge on any atom is -0.313 e. The van der Waals surface area contributed by atoms with Gasteiger partial charge in [-0.15, -0.1) is 0 Å². The lowest BCUT2D eigenvalue weighted by Gasteiger charge is -2.19. The molecule has 0 aliphatic carbocycles. The molecule has 1 aliphatic rings. The van der Waals surface area contributed by atoms with Crippen molar-refractivity contribution in [2.45, 2.75) is 6.18 Å². The van der Waals surface area contributed by atoms with E-state index >= 15 is 0 Å². The van der Waals surface area contributed by atoms with Crippen LogP contribution in [0, 0.1) is 0 Å². The first-order valence-electron chi connectivity index (χ1n) is 9.03. The summed E-state index contributed by atoms with van der Waals surface area (Å²) in [6.07, 6.45) is -4.46. The molecule has 1 aliphatic heterocycles.